The number of nitrogens with one attached hydrogen (secondary N) is 1. The maximum atomic E-state index is 6.41. The number of hydrogen-bond acceptors (Lipinski definition) is 2. The second kappa shape index (κ2) is 7.16. The number of halogens is 1. The molecular weight excluding hydrogens is 256 g/mol. The first-order valence-corrected chi connectivity index (χ1v) is 7.72. The molecule has 0 spiro atoms. The van der Waals surface area contributed by atoms with Crippen molar-refractivity contribution in [2.75, 3.05) is 25.5 Å². The van der Waals surface area contributed by atoms with Gasteiger partial charge in [0.1, 0.15) is 0 Å². The highest BCUT2D eigenvalue weighted by Gasteiger charge is 2.16. The van der Waals surface area contributed by atoms with E-state index in [0.717, 1.165) is 29.7 Å². The Morgan fingerprint density at radius 2 is 2.00 bits per heavy atom. The lowest BCUT2D eigenvalue weighted by molar-refractivity contribution is 0.362. The molecule has 106 valence electrons. The lowest BCUT2D eigenvalue weighted by atomic mass is 9.89. The first kappa shape index (κ1) is 14.7. The van der Waals surface area contributed by atoms with Crippen molar-refractivity contribution in [1.82, 2.24) is 5.32 Å². The summed E-state index contributed by atoms with van der Waals surface area (Å²) in [5.41, 5.74) is 2.40. The Morgan fingerprint density at radius 1 is 1.26 bits per heavy atom. The van der Waals surface area contributed by atoms with Gasteiger partial charge in [-0.3, -0.25) is 0 Å². The van der Waals surface area contributed by atoms with Gasteiger partial charge in [0.15, 0.2) is 0 Å². The molecule has 1 saturated carbocycles. The minimum absolute atomic E-state index is 0.840. The normalized spacial score (nSPS) is 16.6. The molecule has 1 N–H and O–H groups in total. The summed E-state index contributed by atoms with van der Waals surface area (Å²) in [6, 6.07) is 6.39. The van der Waals surface area contributed by atoms with Crippen molar-refractivity contribution in [1.29, 1.82) is 0 Å². The Labute approximate surface area is 122 Å². The van der Waals surface area contributed by atoms with Gasteiger partial charge in [0, 0.05) is 20.1 Å². The molecule has 0 amide bonds. The summed E-state index contributed by atoms with van der Waals surface area (Å²) in [5.74, 6) is 0.840. The molecule has 1 aromatic rings. The molecule has 0 bridgehead atoms. The van der Waals surface area contributed by atoms with Gasteiger partial charge in [0.2, 0.25) is 0 Å². The lowest BCUT2D eigenvalue weighted by Crippen LogP contribution is -2.27. The Hall–Kier alpha value is -0.730. The Balaban J connectivity index is 1.99. The van der Waals surface area contributed by atoms with E-state index < -0.39 is 0 Å². The molecule has 0 atom stereocenters. The van der Waals surface area contributed by atoms with Crippen LogP contribution in [0.2, 0.25) is 5.02 Å². The average Bonchev–Trinajstić information content (AvgIpc) is 2.40. The minimum Gasteiger partial charge on any atom is -0.373 e. The van der Waals surface area contributed by atoms with E-state index in [1.807, 2.05) is 7.05 Å². The second-order valence-corrected chi connectivity index (χ2v) is 6.11. The van der Waals surface area contributed by atoms with Crippen LogP contribution in [0.15, 0.2) is 18.2 Å². The van der Waals surface area contributed by atoms with Gasteiger partial charge in [-0.05, 0) is 43.5 Å². The Bertz CT molecular complexity index is 400. The van der Waals surface area contributed by atoms with Crippen LogP contribution < -0.4 is 10.2 Å². The molecule has 1 aromatic carbocycles. The van der Waals surface area contributed by atoms with Crippen LogP contribution in [0.25, 0.3) is 0 Å². The molecule has 0 saturated heterocycles. The number of hydrogen-bond donors (Lipinski definition) is 1. The van der Waals surface area contributed by atoms with Crippen LogP contribution in [-0.4, -0.2) is 20.6 Å². The van der Waals surface area contributed by atoms with Crippen molar-refractivity contribution >= 4 is 17.3 Å². The maximum Gasteiger partial charge on any atom is 0.0642 e. The zero-order valence-corrected chi connectivity index (χ0v) is 12.8. The lowest BCUT2D eigenvalue weighted by Gasteiger charge is -2.29. The van der Waals surface area contributed by atoms with Crippen molar-refractivity contribution in [3.8, 4) is 0 Å². The second-order valence-electron chi connectivity index (χ2n) is 5.70. The van der Waals surface area contributed by atoms with Gasteiger partial charge in [-0.25, -0.2) is 0 Å². The summed E-state index contributed by atoms with van der Waals surface area (Å²) < 4.78 is 0. The molecule has 1 fully saturated rings. The van der Waals surface area contributed by atoms with E-state index in [9.17, 15) is 0 Å². The van der Waals surface area contributed by atoms with Gasteiger partial charge in [0.05, 0.1) is 10.7 Å². The molecule has 2 nitrogen and oxygen atoms in total. The molecule has 2 rings (SSSR count). The summed E-state index contributed by atoms with van der Waals surface area (Å²) >= 11 is 6.41. The van der Waals surface area contributed by atoms with Crippen LogP contribution in [0.3, 0.4) is 0 Å². The molecular formula is C16H25ClN2. The number of nitrogens with zero attached hydrogens (tertiary/aromatic N) is 1. The van der Waals surface area contributed by atoms with Crippen molar-refractivity contribution in [3.63, 3.8) is 0 Å². The van der Waals surface area contributed by atoms with Crippen molar-refractivity contribution in [3.05, 3.63) is 28.8 Å². The van der Waals surface area contributed by atoms with Crippen LogP contribution in [0.1, 0.15) is 37.7 Å². The van der Waals surface area contributed by atoms with Crippen LogP contribution in [0, 0.1) is 5.92 Å². The topological polar surface area (TPSA) is 15.3 Å². The highest BCUT2D eigenvalue weighted by atomic mass is 35.5. The van der Waals surface area contributed by atoms with Gasteiger partial charge in [0.25, 0.3) is 0 Å². The van der Waals surface area contributed by atoms with E-state index in [-0.39, 0.29) is 0 Å². The summed E-state index contributed by atoms with van der Waals surface area (Å²) in [7, 11) is 4.12. The fourth-order valence-corrected chi connectivity index (χ4v) is 3.38. The Kier molecular flexibility index (Phi) is 5.53. The van der Waals surface area contributed by atoms with Crippen LogP contribution in [0.5, 0.6) is 0 Å². The van der Waals surface area contributed by atoms with Gasteiger partial charge in [-0.15, -0.1) is 0 Å². The standard InChI is InChI=1S/C16H25ClN2/c1-18-11-14-8-9-16(15(17)10-14)19(2)12-13-6-4-3-5-7-13/h8-10,13,18H,3-7,11-12H2,1-2H3. The number of rotatable bonds is 5. The summed E-state index contributed by atoms with van der Waals surface area (Å²) in [4.78, 5) is 2.32. The SMILES string of the molecule is CNCc1ccc(N(C)CC2CCCCC2)c(Cl)c1. The third-order valence-corrected chi connectivity index (χ3v) is 4.36. The van der Waals surface area contributed by atoms with Gasteiger partial charge in [-0.2, -0.15) is 0 Å². The molecule has 1 aliphatic rings. The van der Waals surface area contributed by atoms with E-state index in [2.05, 4.69) is 35.5 Å². The predicted molar refractivity (Wildman–Crippen MR) is 84.1 cm³/mol. The molecule has 19 heavy (non-hydrogen) atoms. The van der Waals surface area contributed by atoms with Gasteiger partial charge in [-0.1, -0.05) is 36.9 Å². The molecule has 0 aromatic heterocycles. The van der Waals surface area contributed by atoms with Gasteiger partial charge < -0.3 is 10.2 Å². The molecule has 0 aliphatic heterocycles. The van der Waals surface area contributed by atoms with E-state index in [1.165, 1.54) is 37.7 Å². The molecule has 1 aliphatic carbocycles. The summed E-state index contributed by atoms with van der Waals surface area (Å²) in [6.07, 6.45) is 6.96. The molecule has 0 radical (unpaired) electrons. The van der Waals surface area contributed by atoms with E-state index in [1.54, 1.807) is 0 Å². The first-order valence-electron chi connectivity index (χ1n) is 7.35. The monoisotopic (exact) mass is 280 g/mol. The highest BCUT2D eigenvalue weighted by Crippen LogP contribution is 2.30. The summed E-state index contributed by atoms with van der Waals surface area (Å²) in [6.45, 7) is 2.00. The Morgan fingerprint density at radius 3 is 2.63 bits per heavy atom. The highest BCUT2D eigenvalue weighted by molar-refractivity contribution is 6.33. The van der Waals surface area contributed by atoms with Gasteiger partial charge >= 0.3 is 0 Å². The number of anilines is 1. The molecule has 0 heterocycles. The fraction of sp³-hybridized carbons (Fsp3) is 0.625. The molecule has 3 heteroatoms. The van der Waals surface area contributed by atoms with Crippen molar-refractivity contribution in [2.45, 2.75) is 38.6 Å². The maximum absolute atomic E-state index is 6.41. The number of benzene rings is 1. The van der Waals surface area contributed by atoms with Crippen molar-refractivity contribution < 1.29 is 0 Å². The third-order valence-electron chi connectivity index (χ3n) is 4.06. The van der Waals surface area contributed by atoms with Crippen LogP contribution in [-0.2, 0) is 6.54 Å². The first-order chi connectivity index (χ1) is 9.20. The average molecular weight is 281 g/mol. The van der Waals surface area contributed by atoms with Crippen molar-refractivity contribution in [2.24, 2.45) is 5.92 Å². The largest absolute Gasteiger partial charge is 0.373 e. The van der Waals surface area contributed by atoms with E-state index >= 15 is 0 Å². The smallest absolute Gasteiger partial charge is 0.0642 e. The zero-order valence-electron chi connectivity index (χ0n) is 12.1. The minimum atomic E-state index is 0.840. The fourth-order valence-electron chi connectivity index (χ4n) is 3.03. The third kappa shape index (κ3) is 4.12. The van der Waals surface area contributed by atoms with Crippen LogP contribution >= 0.6 is 11.6 Å². The van der Waals surface area contributed by atoms with E-state index in [0.29, 0.717) is 0 Å². The molecule has 0 unspecified atom stereocenters. The summed E-state index contributed by atoms with van der Waals surface area (Å²) in [5, 5.41) is 4.02. The zero-order chi connectivity index (χ0) is 13.7. The van der Waals surface area contributed by atoms with Crippen LogP contribution in [0.4, 0.5) is 5.69 Å². The quantitative estimate of drug-likeness (QED) is 0.874. The predicted octanol–water partition coefficient (Wildman–Crippen LogP) is 4.08. The van der Waals surface area contributed by atoms with E-state index in [4.69, 9.17) is 11.6 Å².